The van der Waals surface area contributed by atoms with Gasteiger partial charge in [0, 0.05) is 19.6 Å². The number of esters is 1. The summed E-state index contributed by atoms with van der Waals surface area (Å²) in [6.07, 6.45) is 3.14. The monoisotopic (exact) mass is 306 g/mol. The number of likely N-dealkylation sites (N-methyl/N-ethyl adjacent to an activating group) is 1. The first kappa shape index (κ1) is 17.4. The molecule has 0 bridgehead atoms. The van der Waals surface area contributed by atoms with E-state index in [1.807, 2.05) is 11.8 Å². The normalized spacial score (nSPS) is 21.1. The number of nitrogens with zero attached hydrogens (tertiary/aromatic N) is 2. The van der Waals surface area contributed by atoms with Crippen LogP contribution in [0.4, 0.5) is 0 Å². The molecule has 20 heavy (non-hydrogen) atoms. The summed E-state index contributed by atoms with van der Waals surface area (Å²) in [5.41, 5.74) is 0. The highest BCUT2D eigenvalue weighted by Gasteiger charge is 2.27. The van der Waals surface area contributed by atoms with Crippen LogP contribution in [-0.2, 0) is 19.6 Å². The summed E-state index contributed by atoms with van der Waals surface area (Å²) in [7, 11) is -3.11. The van der Waals surface area contributed by atoms with E-state index in [1.165, 1.54) is 6.26 Å². The summed E-state index contributed by atoms with van der Waals surface area (Å²) >= 11 is 0. The van der Waals surface area contributed by atoms with E-state index in [2.05, 4.69) is 0 Å². The molecule has 7 heteroatoms. The first-order valence-corrected chi connectivity index (χ1v) is 9.04. The lowest BCUT2D eigenvalue weighted by molar-refractivity contribution is -0.144. The second-order valence-corrected chi connectivity index (χ2v) is 7.24. The molecule has 1 unspecified atom stereocenters. The van der Waals surface area contributed by atoms with Crippen molar-refractivity contribution in [2.75, 3.05) is 45.6 Å². The summed E-state index contributed by atoms with van der Waals surface area (Å²) < 4.78 is 29.7. The Kier molecular flexibility index (Phi) is 6.91. The molecule has 1 heterocycles. The van der Waals surface area contributed by atoms with Gasteiger partial charge in [-0.05, 0) is 32.2 Å². The number of piperidine rings is 1. The van der Waals surface area contributed by atoms with Crippen LogP contribution in [-0.4, -0.2) is 69.2 Å². The van der Waals surface area contributed by atoms with Gasteiger partial charge in [0.1, 0.15) is 0 Å². The lowest BCUT2D eigenvalue weighted by Gasteiger charge is -2.33. The largest absolute Gasteiger partial charge is 0.465 e. The highest BCUT2D eigenvalue weighted by atomic mass is 32.2. The van der Waals surface area contributed by atoms with Crippen molar-refractivity contribution in [3.8, 4) is 0 Å². The van der Waals surface area contributed by atoms with Crippen LogP contribution in [0.5, 0.6) is 0 Å². The van der Waals surface area contributed by atoms with Crippen molar-refractivity contribution in [3.05, 3.63) is 0 Å². The highest BCUT2D eigenvalue weighted by Crippen LogP contribution is 2.19. The summed E-state index contributed by atoms with van der Waals surface area (Å²) in [5, 5.41) is 0. The van der Waals surface area contributed by atoms with Crippen LogP contribution in [0.3, 0.4) is 0 Å². The Morgan fingerprint density at radius 1 is 1.40 bits per heavy atom. The molecule has 1 aliphatic heterocycles. The van der Waals surface area contributed by atoms with Gasteiger partial charge in [-0.15, -0.1) is 0 Å². The standard InChI is InChI=1S/C13H26N2O4S/c1-4-14(11-13(16)19-5-2)9-12-7-6-8-15(10-12)20(3,17)18/h12H,4-11H2,1-3H3. The maximum Gasteiger partial charge on any atom is 0.320 e. The first-order chi connectivity index (χ1) is 9.36. The Balaban J connectivity index is 2.50. The molecule has 0 aromatic carbocycles. The van der Waals surface area contributed by atoms with E-state index >= 15 is 0 Å². The van der Waals surface area contributed by atoms with Gasteiger partial charge in [-0.1, -0.05) is 6.92 Å². The van der Waals surface area contributed by atoms with Crippen molar-refractivity contribution >= 4 is 16.0 Å². The van der Waals surface area contributed by atoms with Crippen LogP contribution in [0.25, 0.3) is 0 Å². The predicted octanol–water partition coefficient (Wildman–Crippen LogP) is 0.543. The molecule has 1 atom stereocenters. The Hall–Kier alpha value is -0.660. The van der Waals surface area contributed by atoms with E-state index in [0.29, 0.717) is 19.7 Å². The van der Waals surface area contributed by atoms with E-state index in [0.717, 1.165) is 25.9 Å². The minimum absolute atomic E-state index is 0.217. The van der Waals surface area contributed by atoms with Crippen molar-refractivity contribution in [2.24, 2.45) is 5.92 Å². The molecular weight excluding hydrogens is 280 g/mol. The Bertz CT molecular complexity index is 411. The zero-order chi connectivity index (χ0) is 15.2. The van der Waals surface area contributed by atoms with Crippen molar-refractivity contribution in [3.63, 3.8) is 0 Å². The molecule has 0 aliphatic carbocycles. The highest BCUT2D eigenvalue weighted by molar-refractivity contribution is 7.88. The van der Waals surface area contributed by atoms with Gasteiger partial charge in [-0.3, -0.25) is 9.69 Å². The molecule has 118 valence electrons. The molecule has 1 aliphatic rings. The second-order valence-electron chi connectivity index (χ2n) is 5.26. The van der Waals surface area contributed by atoms with Gasteiger partial charge >= 0.3 is 5.97 Å². The average molecular weight is 306 g/mol. The van der Waals surface area contributed by atoms with Gasteiger partial charge in [0.15, 0.2) is 0 Å². The number of hydrogen-bond acceptors (Lipinski definition) is 5. The van der Waals surface area contributed by atoms with E-state index in [9.17, 15) is 13.2 Å². The lowest BCUT2D eigenvalue weighted by atomic mass is 9.99. The van der Waals surface area contributed by atoms with Gasteiger partial charge < -0.3 is 4.74 Å². The third-order valence-electron chi connectivity index (χ3n) is 3.57. The number of ether oxygens (including phenoxy) is 1. The number of carbonyl (C=O) groups excluding carboxylic acids is 1. The average Bonchev–Trinajstić information content (AvgIpc) is 2.37. The summed E-state index contributed by atoms with van der Waals surface area (Å²) in [5.74, 6) is 0.0676. The van der Waals surface area contributed by atoms with Crippen molar-refractivity contribution in [2.45, 2.75) is 26.7 Å². The maximum absolute atomic E-state index is 11.6. The van der Waals surface area contributed by atoms with Crippen molar-refractivity contribution < 1.29 is 17.9 Å². The predicted molar refractivity (Wildman–Crippen MR) is 77.9 cm³/mol. The van der Waals surface area contributed by atoms with Crippen LogP contribution in [0, 0.1) is 5.92 Å². The van der Waals surface area contributed by atoms with E-state index < -0.39 is 10.0 Å². The number of carbonyl (C=O) groups is 1. The topological polar surface area (TPSA) is 66.9 Å². The van der Waals surface area contributed by atoms with Crippen LogP contribution < -0.4 is 0 Å². The van der Waals surface area contributed by atoms with Crippen LogP contribution in [0.2, 0.25) is 0 Å². The molecule has 0 aromatic rings. The zero-order valence-corrected chi connectivity index (χ0v) is 13.5. The molecule has 0 N–H and O–H groups in total. The maximum atomic E-state index is 11.6. The van der Waals surface area contributed by atoms with Crippen LogP contribution in [0.15, 0.2) is 0 Å². The number of sulfonamides is 1. The molecular formula is C13H26N2O4S. The lowest BCUT2D eigenvalue weighted by Crippen LogP contribution is -2.44. The smallest absolute Gasteiger partial charge is 0.320 e. The fourth-order valence-corrected chi connectivity index (χ4v) is 3.48. The quantitative estimate of drug-likeness (QED) is 0.642. The first-order valence-electron chi connectivity index (χ1n) is 7.19. The van der Waals surface area contributed by atoms with Gasteiger partial charge in [0.2, 0.25) is 10.0 Å². The molecule has 1 fully saturated rings. The molecule has 0 radical (unpaired) electrons. The van der Waals surface area contributed by atoms with E-state index in [4.69, 9.17) is 4.74 Å². The minimum Gasteiger partial charge on any atom is -0.465 e. The minimum atomic E-state index is -3.11. The Morgan fingerprint density at radius 2 is 2.10 bits per heavy atom. The molecule has 0 saturated carbocycles. The van der Waals surface area contributed by atoms with Gasteiger partial charge in [-0.25, -0.2) is 12.7 Å². The van der Waals surface area contributed by atoms with E-state index in [-0.39, 0.29) is 18.4 Å². The Labute approximate surface area is 122 Å². The summed E-state index contributed by atoms with van der Waals surface area (Å²) in [4.78, 5) is 13.5. The fraction of sp³-hybridized carbons (Fsp3) is 0.923. The van der Waals surface area contributed by atoms with Gasteiger partial charge in [0.25, 0.3) is 0 Å². The molecule has 1 saturated heterocycles. The van der Waals surface area contributed by atoms with Crippen molar-refractivity contribution in [1.29, 1.82) is 0 Å². The summed E-state index contributed by atoms with van der Waals surface area (Å²) in [6, 6.07) is 0. The summed E-state index contributed by atoms with van der Waals surface area (Å²) in [6.45, 7) is 7.12. The molecule has 0 spiro atoms. The SMILES string of the molecule is CCOC(=O)CN(CC)CC1CCCN(S(C)(=O)=O)C1. The third kappa shape index (κ3) is 5.76. The molecule has 1 rings (SSSR count). The fourth-order valence-electron chi connectivity index (χ4n) is 2.54. The molecule has 6 nitrogen and oxygen atoms in total. The zero-order valence-electron chi connectivity index (χ0n) is 12.7. The van der Waals surface area contributed by atoms with Crippen LogP contribution >= 0.6 is 0 Å². The molecule has 0 aromatic heterocycles. The third-order valence-corrected chi connectivity index (χ3v) is 4.84. The Morgan fingerprint density at radius 3 is 2.65 bits per heavy atom. The van der Waals surface area contributed by atoms with E-state index in [1.54, 1.807) is 11.2 Å². The number of rotatable bonds is 7. The van der Waals surface area contributed by atoms with Gasteiger partial charge in [0.05, 0.1) is 19.4 Å². The second kappa shape index (κ2) is 7.95. The van der Waals surface area contributed by atoms with Gasteiger partial charge in [-0.2, -0.15) is 0 Å². The molecule has 0 amide bonds. The van der Waals surface area contributed by atoms with Crippen LogP contribution in [0.1, 0.15) is 26.7 Å². The number of hydrogen-bond donors (Lipinski definition) is 0. The van der Waals surface area contributed by atoms with Crippen molar-refractivity contribution in [1.82, 2.24) is 9.21 Å².